The number of anilines is 1. The molecule has 0 saturated heterocycles. The van der Waals surface area contributed by atoms with Crippen molar-refractivity contribution in [3.8, 4) is 5.75 Å². The van der Waals surface area contributed by atoms with Gasteiger partial charge in [-0.1, -0.05) is 31.4 Å². The van der Waals surface area contributed by atoms with Crippen LogP contribution in [0.25, 0.3) is 0 Å². The lowest BCUT2D eigenvalue weighted by atomic mass is 9.95. The quantitative estimate of drug-likeness (QED) is 0.601. The number of carbonyl (C=O) groups is 1. The Kier molecular flexibility index (Phi) is 7.69. The minimum Gasteiger partial charge on any atom is -0.495 e. The summed E-state index contributed by atoms with van der Waals surface area (Å²) < 4.78 is 72.7. The van der Waals surface area contributed by atoms with Crippen LogP contribution in [-0.2, 0) is 21.0 Å². The van der Waals surface area contributed by atoms with Gasteiger partial charge in [-0.2, -0.15) is 17.5 Å². The van der Waals surface area contributed by atoms with E-state index < -0.39 is 34.2 Å². The summed E-state index contributed by atoms with van der Waals surface area (Å²) in [6, 6.07) is 8.63. The van der Waals surface area contributed by atoms with Crippen LogP contribution in [0, 0.1) is 6.92 Å². The molecule has 0 aliphatic heterocycles. The third-order valence-electron chi connectivity index (χ3n) is 5.66. The molecule has 0 spiro atoms. The SMILES string of the molecule is COc1ccc(C)cc1S(=O)(=O)N(CC(=O)Nc1cccc(C(F)(F)F)c1)C1CCCCC1. The first kappa shape index (κ1) is 25.0. The van der Waals surface area contributed by atoms with Gasteiger partial charge >= 0.3 is 6.18 Å². The summed E-state index contributed by atoms with van der Waals surface area (Å²) in [5.74, 6) is -0.546. The summed E-state index contributed by atoms with van der Waals surface area (Å²) >= 11 is 0. The number of methoxy groups -OCH3 is 1. The van der Waals surface area contributed by atoms with Crippen LogP contribution in [0.5, 0.6) is 5.75 Å². The van der Waals surface area contributed by atoms with E-state index in [0.717, 1.165) is 35.7 Å². The molecule has 0 radical (unpaired) electrons. The van der Waals surface area contributed by atoms with Crippen LogP contribution in [0.4, 0.5) is 18.9 Å². The molecule has 0 bridgehead atoms. The first-order chi connectivity index (χ1) is 15.5. The number of carbonyl (C=O) groups excluding carboxylic acids is 1. The van der Waals surface area contributed by atoms with Crippen molar-refractivity contribution >= 4 is 21.6 Å². The molecular formula is C23H27F3N2O4S. The Hall–Kier alpha value is -2.59. The Balaban J connectivity index is 1.91. The van der Waals surface area contributed by atoms with Gasteiger partial charge in [0.25, 0.3) is 0 Å². The van der Waals surface area contributed by atoms with Crippen LogP contribution >= 0.6 is 0 Å². The van der Waals surface area contributed by atoms with Crippen LogP contribution in [-0.4, -0.2) is 38.3 Å². The highest BCUT2D eigenvalue weighted by molar-refractivity contribution is 7.89. The molecule has 3 rings (SSSR count). The van der Waals surface area contributed by atoms with E-state index >= 15 is 0 Å². The number of aryl methyl sites for hydroxylation is 1. The molecule has 6 nitrogen and oxygen atoms in total. The molecule has 33 heavy (non-hydrogen) atoms. The summed E-state index contributed by atoms with van der Waals surface area (Å²) in [7, 11) is -2.75. The van der Waals surface area contributed by atoms with Gasteiger partial charge in [0, 0.05) is 11.7 Å². The van der Waals surface area contributed by atoms with Gasteiger partial charge in [-0.05, 0) is 55.7 Å². The Bertz CT molecular complexity index is 1100. The lowest BCUT2D eigenvalue weighted by Crippen LogP contribution is -2.45. The maximum absolute atomic E-state index is 13.7. The Morgan fingerprint density at radius 3 is 2.45 bits per heavy atom. The number of hydrogen-bond donors (Lipinski definition) is 1. The Morgan fingerprint density at radius 1 is 1.12 bits per heavy atom. The number of alkyl halides is 3. The van der Waals surface area contributed by atoms with E-state index in [2.05, 4.69) is 5.32 Å². The fourth-order valence-electron chi connectivity index (χ4n) is 4.01. The molecule has 180 valence electrons. The lowest BCUT2D eigenvalue weighted by Gasteiger charge is -2.33. The van der Waals surface area contributed by atoms with E-state index in [9.17, 15) is 26.4 Å². The fourth-order valence-corrected chi connectivity index (χ4v) is 5.89. The number of hydrogen-bond acceptors (Lipinski definition) is 4. The average Bonchev–Trinajstić information content (AvgIpc) is 2.77. The molecule has 1 fully saturated rings. The van der Waals surface area contributed by atoms with Gasteiger partial charge < -0.3 is 10.1 Å². The van der Waals surface area contributed by atoms with Crippen molar-refractivity contribution in [1.82, 2.24) is 4.31 Å². The maximum Gasteiger partial charge on any atom is 0.416 e. The van der Waals surface area contributed by atoms with Gasteiger partial charge in [-0.15, -0.1) is 0 Å². The smallest absolute Gasteiger partial charge is 0.416 e. The molecule has 10 heteroatoms. The monoisotopic (exact) mass is 484 g/mol. The predicted molar refractivity (Wildman–Crippen MR) is 119 cm³/mol. The normalized spacial score (nSPS) is 15.5. The first-order valence-electron chi connectivity index (χ1n) is 10.7. The molecule has 1 N–H and O–H groups in total. The zero-order valence-electron chi connectivity index (χ0n) is 18.5. The van der Waals surface area contributed by atoms with Gasteiger partial charge in [0.2, 0.25) is 15.9 Å². The van der Waals surface area contributed by atoms with E-state index in [1.54, 1.807) is 19.1 Å². The summed E-state index contributed by atoms with van der Waals surface area (Å²) in [4.78, 5) is 12.8. The second-order valence-electron chi connectivity index (χ2n) is 8.12. The van der Waals surface area contributed by atoms with Gasteiger partial charge in [-0.25, -0.2) is 8.42 Å². The van der Waals surface area contributed by atoms with E-state index in [1.807, 2.05) is 0 Å². The van der Waals surface area contributed by atoms with E-state index in [-0.39, 0.29) is 22.4 Å². The molecule has 1 aliphatic rings. The number of halogens is 3. The van der Waals surface area contributed by atoms with Crippen LogP contribution in [0.3, 0.4) is 0 Å². The Labute approximate surface area is 191 Å². The number of nitrogens with zero attached hydrogens (tertiary/aromatic N) is 1. The van der Waals surface area contributed by atoms with Gasteiger partial charge in [0.15, 0.2) is 0 Å². The van der Waals surface area contributed by atoms with Crippen LogP contribution in [0.15, 0.2) is 47.4 Å². The van der Waals surface area contributed by atoms with Crippen molar-refractivity contribution in [3.05, 3.63) is 53.6 Å². The van der Waals surface area contributed by atoms with Crippen molar-refractivity contribution < 1.29 is 31.1 Å². The highest BCUT2D eigenvalue weighted by Gasteiger charge is 2.36. The summed E-state index contributed by atoms with van der Waals surface area (Å²) in [5, 5.41) is 2.41. The van der Waals surface area contributed by atoms with Crippen molar-refractivity contribution in [1.29, 1.82) is 0 Å². The van der Waals surface area contributed by atoms with Gasteiger partial charge in [-0.3, -0.25) is 4.79 Å². The number of ether oxygens (including phenoxy) is 1. The van der Waals surface area contributed by atoms with Crippen molar-refractivity contribution in [2.24, 2.45) is 0 Å². The summed E-state index contributed by atoms with van der Waals surface area (Å²) in [6.45, 7) is 1.24. The molecule has 2 aromatic rings. The summed E-state index contributed by atoms with van der Waals surface area (Å²) in [6.07, 6.45) is -0.712. The van der Waals surface area contributed by atoms with E-state index in [1.165, 1.54) is 25.3 Å². The zero-order valence-corrected chi connectivity index (χ0v) is 19.3. The molecule has 1 saturated carbocycles. The molecular weight excluding hydrogens is 457 g/mol. The number of benzene rings is 2. The zero-order chi connectivity index (χ0) is 24.2. The standard InChI is InChI=1S/C23H27F3N2O4S/c1-16-11-12-20(32-2)21(13-16)33(30,31)28(19-9-4-3-5-10-19)15-22(29)27-18-8-6-7-17(14-18)23(24,25)26/h6-8,11-14,19H,3-5,9-10,15H2,1-2H3,(H,27,29). The van der Waals surface area contributed by atoms with Gasteiger partial charge in [0.1, 0.15) is 10.6 Å². The molecule has 1 aliphatic carbocycles. The topological polar surface area (TPSA) is 75.7 Å². The van der Waals surface area contributed by atoms with E-state index in [0.29, 0.717) is 18.4 Å². The van der Waals surface area contributed by atoms with Crippen molar-refractivity contribution in [2.75, 3.05) is 19.0 Å². The minimum absolute atomic E-state index is 0.0394. The molecule has 0 heterocycles. The van der Waals surface area contributed by atoms with Gasteiger partial charge in [0.05, 0.1) is 19.2 Å². The predicted octanol–water partition coefficient (Wildman–Crippen LogP) is 4.98. The second kappa shape index (κ2) is 10.1. The average molecular weight is 485 g/mol. The minimum atomic E-state index is -4.56. The number of sulfonamides is 1. The third kappa shape index (κ3) is 6.05. The number of amides is 1. The van der Waals surface area contributed by atoms with Crippen molar-refractivity contribution in [2.45, 2.75) is 56.1 Å². The van der Waals surface area contributed by atoms with Crippen LogP contribution in [0.2, 0.25) is 0 Å². The molecule has 0 atom stereocenters. The summed E-state index contributed by atoms with van der Waals surface area (Å²) in [5.41, 5.74) is -0.239. The third-order valence-corrected chi connectivity index (χ3v) is 7.58. The largest absolute Gasteiger partial charge is 0.495 e. The second-order valence-corrected chi connectivity index (χ2v) is 9.98. The number of nitrogens with one attached hydrogen (secondary N) is 1. The number of rotatable bonds is 7. The first-order valence-corrected chi connectivity index (χ1v) is 12.1. The highest BCUT2D eigenvalue weighted by Crippen LogP contribution is 2.33. The van der Waals surface area contributed by atoms with E-state index in [4.69, 9.17) is 4.74 Å². The molecule has 1 amide bonds. The van der Waals surface area contributed by atoms with Crippen molar-refractivity contribution in [3.63, 3.8) is 0 Å². The maximum atomic E-state index is 13.7. The lowest BCUT2D eigenvalue weighted by molar-refractivity contribution is -0.137. The Morgan fingerprint density at radius 2 is 1.82 bits per heavy atom. The molecule has 0 aromatic heterocycles. The molecule has 2 aromatic carbocycles. The molecule has 0 unspecified atom stereocenters. The fraction of sp³-hybridized carbons (Fsp3) is 0.435. The van der Waals surface area contributed by atoms with Crippen LogP contribution < -0.4 is 10.1 Å². The highest BCUT2D eigenvalue weighted by atomic mass is 32.2. The van der Waals surface area contributed by atoms with Crippen LogP contribution in [0.1, 0.15) is 43.2 Å².